The standard InChI is InChI=1S/C93H60B3N9O3/c1-7-29-61(30-8-1)100(62-31-9-2-10-32-62)67-51-79-91-80(52-67)104(89-46-24-27-49-98-89)77-59-83-74(57-72(77)94(91)70-41-19-21-43-76(70)103(79)88-45-23-26-48-97-88)96-75-58-73-78(60-84(75)108-87-56-69(55-86(107-83)93(87)96)102(65-37-15-5-16-38-65)66-39-17-6-18-40-66)105(90-47-25-28-50-99-90)81-53-68(54-85-92(81)95(73)71-42-20-22-44-82(71)106-85)101(63-33-11-3-12-34-63)64-35-13-4-14-36-64/h1-60H. The number of hydrogen-bond donors (Lipinski definition) is 0. The third kappa shape index (κ3) is 9.64. The fraction of sp³-hybridized carbons (Fsp3) is 0. The fourth-order valence-corrected chi connectivity index (χ4v) is 17.5. The Balaban J connectivity index is 0.814. The van der Waals surface area contributed by atoms with Crippen LogP contribution in [0, 0.1) is 0 Å². The van der Waals surface area contributed by atoms with E-state index in [4.69, 9.17) is 29.2 Å². The SMILES string of the molecule is c1ccc(N(c2ccccc2)c2cc3c4c(c2)Oc2cc5c(cc2B4c2cc4c(cc2O3)N(c2ccccn2)c2cc(N(c3ccccc3)c3ccccc3)cc3c2B4c2ccccc2O3)B2c3ccccc3N(c3ccccn3)c3cc(N(c4ccccc4)c4ccccc4)cc(c32)N5c2ccccn2)cc1. The lowest BCUT2D eigenvalue weighted by Gasteiger charge is -2.45. The van der Waals surface area contributed by atoms with E-state index in [-0.39, 0.29) is 13.4 Å². The van der Waals surface area contributed by atoms with Crippen molar-refractivity contribution in [2.24, 2.45) is 0 Å². The summed E-state index contributed by atoms with van der Waals surface area (Å²) in [5.41, 5.74) is 24.1. The smallest absolute Gasteiger partial charge is 0.260 e. The van der Waals surface area contributed by atoms with Gasteiger partial charge in [0.25, 0.3) is 20.1 Å². The molecule has 0 N–H and O–H groups in total. The highest BCUT2D eigenvalue weighted by molar-refractivity contribution is 7.03. The van der Waals surface area contributed by atoms with E-state index in [0.29, 0.717) is 23.0 Å². The molecule has 6 aliphatic heterocycles. The van der Waals surface area contributed by atoms with Crippen LogP contribution in [0.3, 0.4) is 0 Å². The zero-order valence-corrected chi connectivity index (χ0v) is 58.1. The maximum Gasteiger partial charge on any atom is 0.260 e. The lowest BCUT2D eigenvalue weighted by molar-refractivity contribution is 0.465. The molecule has 16 aromatic rings. The zero-order chi connectivity index (χ0) is 70.9. The summed E-state index contributed by atoms with van der Waals surface area (Å²) in [5, 5.41) is 0. The van der Waals surface area contributed by atoms with E-state index in [9.17, 15) is 0 Å². The summed E-state index contributed by atoms with van der Waals surface area (Å²) >= 11 is 0. The molecule has 504 valence electrons. The van der Waals surface area contributed by atoms with Gasteiger partial charge in [0.1, 0.15) is 52.0 Å². The Morgan fingerprint density at radius 2 is 0.519 bits per heavy atom. The minimum absolute atomic E-state index is 0.292. The molecule has 0 fully saturated rings. The number of benzene rings is 13. The Morgan fingerprint density at radius 1 is 0.204 bits per heavy atom. The van der Waals surface area contributed by atoms with E-state index >= 15 is 0 Å². The number of aromatic nitrogens is 3. The van der Waals surface area contributed by atoms with E-state index < -0.39 is 6.71 Å². The maximum absolute atomic E-state index is 7.80. The van der Waals surface area contributed by atoms with Gasteiger partial charge in [0.2, 0.25) is 0 Å². The minimum atomic E-state index is -0.429. The summed E-state index contributed by atoms with van der Waals surface area (Å²) < 4.78 is 22.9. The summed E-state index contributed by atoms with van der Waals surface area (Å²) in [7, 11) is 0. The third-order valence-electron chi connectivity index (χ3n) is 21.8. The van der Waals surface area contributed by atoms with Gasteiger partial charge in [0.05, 0.1) is 17.1 Å². The lowest BCUT2D eigenvalue weighted by Crippen LogP contribution is -2.65. The summed E-state index contributed by atoms with van der Waals surface area (Å²) in [4.78, 5) is 29.7. The summed E-state index contributed by atoms with van der Waals surface area (Å²) in [6.45, 7) is -1.02. The average Bonchev–Trinajstić information content (AvgIpc) is 0.691. The fourth-order valence-electron chi connectivity index (χ4n) is 17.5. The monoisotopic (exact) mass is 1380 g/mol. The molecule has 0 bridgehead atoms. The van der Waals surface area contributed by atoms with E-state index in [1.165, 1.54) is 0 Å². The molecule has 12 nitrogen and oxygen atoms in total. The molecule has 0 spiro atoms. The first-order valence-electron chi connectivity index (χ1n) is 36.6. The zero-order valence-electron chi connectivity index (χ0n) is 58.1. The minimum Gasteiger partial charge on any atom is -0.458 e. The van der Waals surface area contributed by atoms with Crippen LogP contribution in [0.5, 0.6) is 34.5 Å². The van der Waals surface area contributed by atoms with E-state index in [1.54, 1.807) is 0 Å². The number of nitrogens with zero attached hydrogens (tertiary/aromatic N) is 9. The van der Waals surface area contributed by atoms with Gasteiger partial charge in [-0.15, -0.1) is 0 Å². The Hall–Kier alpha value is -14.3. The topological polar surface area (TPSA) is 85.8 Å². The van der Waals surface area contributed by atoms with Crippen molar-refractivity contribution in [1.29, 1.82) is 0 Å². The molecular formula is C93H60B3N9O3. The van der Waals surface area contributed by atoms with Crippen molar-refractivity contribution in [3.63, 3.8) is 0 Å². The van der Waals surface area contributed by atoms with Gasteiger partial charge >= 0.3 is 0 Å². The molecule has 0 amide bonds. The molecule has 0 unspecified atom stereocenters. The highest BCUT2D eigenvalue weighted by atomic mass is 16.5. The Morgan fingerprint density at radius 3 is 0.935 bits per heavy atom. The van der Waals surface area contributed by atoms with Crippen molar-refractivity contribution < 1.29 is 14.2 Å². The molecule has 22 rings (SSSR count). The quantitative estimate of drug-likeness (QED) is 0.109. The number of ether oxygens (including phenoxy) is 3. The van der Waals surface area contributed by atoms with Crippen molar-refractivity contribution in [1.82, 2.24) is 15.0 Å². The maximum atomic E-state index is 7.80. The third-order valence-corrected chi connectivity index (χ3v) is 21.8. The molecule has 0 saturated carbocycles. The van der Waals surface area contributed by atoms with Gasteiger partial charge in [-0.3, -0.25) is 14.7 Å². The predicted octanol–water partition coefficient (Wildman–Crippen LogP) is 17.5. The summed E-state index contributed by atoms with van der Waals surface area (Å²) in [6, 6.07) is 123. The van der Waals surface area contributed by atoms with Crippen LogP contribution >= 0.6 is 0 Å². The van der Waals surface area contributed by atoms with Gasteiger partial charge < -0.3 is 28.9 Å². The average molecular weight is 1380 g/mol. The van der Waals surface area contributed by atoms with Gasteiger partial charge in [-0.1, -0.05) is 176 Å². The number of anilines is 18. The molecule has 108 heavy (non-hydrogen) atoms. The lowest BCUT2D eigenvalue weighted by atomic mass is 9.29. The molecular weight excluding hydrogens is 1320 g/mol. The van der Waals surface area contributed by atoms with Gasteiger partial charge in [-0.2, -0.15) is 0 Å². The van der Waals surface area contributed by atoms with Crippen LogP contribution < -0.4 is 92.8 Å². The van der Waals surface area contributed by atoms with Crippen molar-refractivity contribution in [2.45, 2.75) is 0 Å². The van der Waals surface area contributed by atoms with Crippen LogP contribution in [0.2, 0.25) is 0 Å². The van der Waals surface area contributed by atoms with Gasteiger partial charge in [0, 0.05) is 123 Å². The first kappa shape index (κ1) is 61.2. The molecule has 13 aromatic carbocycles. The highest BCUT2D eigenvalue weighted by Crippen LogP contribution is 2.52. The van der Waals surface area contributed by atoms with Crippen molar-refractivity contribution >= 4 is 172 Å². The Labute approximate surface area is 625 Å². The van der Waals surface area contributed by atoms with E-state index in [1.807, 2.05) is 36.8 Å². The molecule has 9 heterocycles. The molecule has 15 heteroatoms. The predicted molar refractivity (Wildman–Crippen MR) is 441 cm³/mol. The van der Waals surface area contributed by atoms with Gasteiger partial charge in [-0.05, 0) is 183 Å². The van der Waals surface area contributed by atoms with Crippen molar-refractivity contribution in [2.75, 3.05) is 29.4 Å². The number of para-hydroxylation sites is 8. The molecule has 0 atom stereocenters. The summed E-state index contributed by atoms with van der Waals surface area (Å²) in [5.74, 6) is 6.68. The Kier molecular flexibility index (Phi) is 14.0. The first-order valence-corrected chi connectivity index (χ1v) is 36.6. The van der Waals surface area contributed by atoms with Crippen molar-refractivity contribution in [3.05, 3.63) is 364 Å². The molecule has 0 aliphatic carbocycles. The number of rotatable bonds is 12. The van der Waals surface area contributed by atoms with Crippen LogP contribution in [0.4, 0.5) is 103 Å². The van der Waals surface area contributed by atoms with Gasteiger partial charge in [0.15, 0.2) is 0 Å². The number of pyridine rings is 3. The van der Waals surface area contributed by atoms with Crippen LogP contribution in [0.25, 0.3) is 0 Å². The second-order valence-corrected chi connectivity index (χ2v) is 27.8. The molecule has 0 radical (unpaired) electrons. The first-order chi connectivity index (χ1) is 53.6. The summed E-state index contributed by atoms with van der Waals surface area (Å²) in [6.07, 6.45) is 5.66. The van der Waals surface area contributed by atoms with Crippen molar-refractivity contribution in [3.8, 4) is 34.5 Å². The molecule has 6 aliphatic rings. The van der Waals surface area contributed by atoms with E-state index in [0.717, 1.165) is 163 Å². The largest absolute Gasteiger partial charge is 0.458 e. The molecule has 0 saturated heterocycles. The van der Waals surface area contributed by atoms with Gasteiger partial charge in [-0.25, -0.2) is 15.0 Å². The van der Waals surface area contributed by atoms with Crippen LogP contribution in [-0.4, -0.2) is 35.1 Å². The highest BCUT2D eigenvalue weighted by Gasteiger charge is 2.50. The normalized spacial score (nSPS) is 13.1. The second kappa shape index (κ2) is 24.7. The van der Waals surface area contributed by atoms with Crippen LogP contribution in [0.15, 0.2) is 364 Å². The van der Waals surface area contributed by atoms with Crippen LogP contribution in [-0.2, 0) is 0 Å². The molecule has 3 aromatic heterocycles. The number of fused-ring (bicyclic) bond motifs is 12. The number of hydrogen-bond acceptors (Lipinski definition) is 12. The van der Waals surface area contributed by atoms with E-state index in [2.05, 4.69) is 357 Å². The van der Waals surface area contributed by atoms with Crippen LogP contribution in [0.1, 0.15) is 0 Å². The Bertz CT molecular complexity index is 6090. The second-order valence-electron chi connectivity index (χ2n) is 27.8.